The Morgan fingerprint density at radius 2 is 1.81 bits per heavy atom. The maximum Gasteiger partial charge on any atom is 0.233 e. The third-order valence-electron chi connectivity index (χ3n) is 2.06. The number of ether oxygens (including phenoxy) is 1. The summed E-state index contributed by atoms with van der Waals surface area (Å²) in [5.41, 5.74) is 1.85. The first-order valence-electron chi connectivity index (χ1n) is 4.94. The molecule has 3 nitrogen and oxygen atoms in total. The highest BCUT2D eigenvalue weighted by Crippen LogP contribution is 2.09. The van der Waals surface area contributed by atoms with Gasteiger partial charge in [-0.05, 0) is 11.6 Å². The lowest BCUT2D eigenvalue weighted by atomic mass is 10.2. The van der Waals surface area contributed by atoms with E-state index in [4.69, 9.17) is 16.3 Å². The molecule has 4 heteroatoms. The molecule has 0 saturated carbocycles. The van der Waals surface area contributed by atoms with E-state index >= 15 is 0 Å². The minimum atomic E-state index is 0.367. The fourth-order valence-electron chi connectivity index (χ4n) is 1.23. The van der Waals surface area contributed by atoms with Gasteiger partial charge < -0.3 is 4.74 Å². The van der Waals surface area contributed by atoms with Gasteiger partial charge in [0.15, 0.2) is 0 Å². The quantitative estimate of drug-likeness (QED) is 0.763. The summed E-state index contributed by atoms with van der Waals surface area (Å²) in [7, 11) is 0. The molecule has 0 aliphatic rings. The van der Waals surface area contributed by atoms with E-state index in [2.05, 4.69) is 10.2 Å². The topological polar surface area (TPSA) is 35.0 Å². The molecule has 0 aliphatic heterocycles. The van der Waals surface area contributed by atoms with Gasteiger partial charge in [-0.3, -0.25) is 0 Å². The van der Waals surface area contributed by atoms with E-state index in [0.717, 1.165) is 11.3 Å². The minimum absolute atomic E-state index is 0.367. The molecule has 0 saturated heterocycles. The summed E-state index contributed by atoms with van der Waals surface area (Å²) >= 11 is 5.61. The third-order valence-corrected chi connectivity index (χ3v) is 2.34. The highest BCUT2D eigenvalue weighted by Gasteiger charge is 1.98. The second kappa shape index (κ2) is 5.47. The van der Waals surface area contributed by atoms with Gasteiger partial charge in [-0.25, -0.2) is 0 Å². The van der Waals surface area contributed by atoms with Crippen LogP contribution in [0.5, 0.6) is 5.88 Å². The van der Waals surface area contributed by atoms with Crippen LogP contribution in [-0.2, 0) is 12.5 Å². The molecule has 0 N–H and O–H groups in total. The Hall–Kier alpha value is -1.61. The van der Waals surface area contributed by atoms with E-state index in [-0.39, 0.29) is 0 Å². The molecule has 2 rings (SSSR count). The van der Waals surface area contributed by atoms with Crippen LogP contribution in [0.2, 0.25) is 0 Å². The molecule has 0 radical (unpaired) electrons. The van der Waals surface area contributed by atoms with Crippen LogP contribution < -0.4 is 4.74 Å². The van der Waals surface area contributed by atoms with E-state index in [1.165, 1.54) is 0 Å². The Kier molecular flexibility index (Phi) is 3.72. The van der Waals surface area contributed by atoms with Crippen LogP contribution >= 0.6 is 11.6 Å². The summed E-state index contributed by atoms with van der Waals surface area (Å²) < 4.78 is 5.47. The number of aromatic nitrogens is 2. The monoisotopic (exact) mass is 234 g/mol. The van der Waals surface area contributed by atoms with Gasteiger partial charge in [-0.15, -0.1) is 16.7 Å². The molecular formula is C12H11ClN2O. The maximum absolute atomic E-state index is 5.61. The van der Waals surface area contributed by atoms with Crippen molar-refractivity contribution in [2.45, 2.75) is 12.5 Å². The van der Waals surface area contributed by atoms with Crippen LogP contribution in [-0.4, -0.2) is 10.2 Å². The first-order valence-corrected chi connectivity index (χ1v) is 5.47. The summed E-state index contributed by atoms with van der Waals surface area (Å²) in [5, 5.41) is 7.81. The van der Waals surface area contributed by atoms with Gasteiger partial charge in [-0.1, -0.05) is 30.3 Å². The van der Waals surface area contributed by atoms with Crippen molar-refractivity contribution in [3.05, 3.63) is 53.7 Å². The van der Waals surface area contributed by atoms with Crippen LogP contribution in [0.4, 0.5) is 0 Å². The Bertz CT molecular complexity index is 431. The molecular weight excluding hydrogens is 224 g/mol. The van der Waals surface area contributed by atoms with E-state index in [1.807, 2.05) is 30.3 Å². The normalized spacial score (nSPS) is 10.1. The van der Waals surface area contributed by atoms with E-state index in [9.17, 15) is 0 Å². The molecule has 16 heavy (non-hydrogen) atoms. The summed E-state index contributed by atoms with van der Waals surface area (Å²) in [6, 6.07) is 13.5. The minimum Gasteiger partial charge on any atom is -0.472 e. The van der Waals surface area contributed by atoms with E-state index in [0.29, 0.717) is 18.4 Å². The number of benzene rings is 1. The molecule has 0 atom stereocenters. The van der Waals surface area contributed by atoms with E-state index < -0.39 is 0 Å². The Morgan fingerprint density at radius 3 is 2.44 bits per heavy atom. The van der Waals surface area contributed by atoms with Gasteiger partial charge in [-0.2, -0.15) is 5.10 Å². The molecule has 82 valence electrons. The lowest BCUT2D eigenvalue weighted by Gasteiger charge is -2.04. The number of rotatable bonds is 4. The van der Waals surface area contributed by atoms with Crippen molar-refractivity contribution in [3.63, 3.8) is 0 Å². The molecule has 0 unspecified atom stereocenters. The number of hydrogen-bond donors (Lipinski definition) is 0. The van der Waals surface area contributed by atoms with Crippen LogP contribution in [0.15, 0.2) is 42.5 Å². The number of hydrogen-bond acceptors (Lipinski definition) is 3. The van der Waals surface area contributed by atoms with Crippen molar-refractivity contribution in [3.8, 4) is 5.88 Å². The van der Waals surface area contributed by atoms with Crippen LogP contribution in [0.3, 0.4) is 0 Å². The number of alkyl halides is 1. The molecule has 0 bridgehead atoms. The molecule has 1 aromatic heterocycles. The SMILES string of the molecule is ClCc1ccc(OCc2ccccc2)nn1. The standard InChI is InChI=1S/C12H11ClN2O/c13-8-11-6-7-12(15-14-11)16-9-10-4-2-1-3-5-10/h1-7H,8-9H2. The van der Waals surface area contributed by atoms with Gasteiger partial charge in [0.1, 0.15) is 6.61 Å². The van der Waals surface area contributed by atoms with Crippen molar-refractivity contribution in [1.82, 2.24) is 10.2 Å². The van der Waals surface area contributed by atoms with Crippen LogP contribution in [0.1, 0.15) is 11.3 Å². The van der Waals surface area contributed by atoms with E-state index in [1.54, 1.807) is 12.1 Å². The average Bonchev–Trinajstić information content (AvgIpc) is 2.38. The maximum atomic E-state index is 5.61. The van der Waals surface area contributed by atoms with Gasteiger partial charge in [0.25, 0.3) is 0 Å². The van der Waals surface area contributed by atoms with Crippen molar-refractivity contribution < 1.29 is 4.74 Å². The van der Waals surface area contributed by atoms with Crippen LogP contribution in [0, 0.1) is 0 Å². The summed E-state index contributed by atoms with van der Waals surface area (Å²) in [5.74, 6) is 0.879. The number of halogens is 1. The zero-order chi connectivity index (χ0) is 11.2. The highest BCUT2D eigenvalue weighted by molar-refractivity contribution is 6.16. The third kappa shape index (κ3) is 2.94. The molecule has 0 amide bonds. The Labute approximate surface area is 99.0 Å². The lowest BCUT2D eigenvalue weighted by molar-refractivity contribution is 0.290. The fourth-order valence-corrected chi connectivity index (χ4v) is 1.37. The van der Waals surface area contributed by atoms with Crippen molar-refractivity contribution in [2.75, 3.05) is 0 Å². The van der Waals surface area contributed by atoms with Crippen molar-refractivity contribution in [2.24, 2.45) is 0 Å². The molecule has 2 aromatic rings. The van der Waals surface area contributed by atoms with Crippen molar-refractivity contribution in [1.29, 1.82) is 0 Å². The van der Waals surface area contributed by atoms with Crippen LogP contribution in [0.25, 0.3) is 0 Å². The highest BCUT2D eigenvalue weighted by atomic mass is 35.5. The second-order valence-corrected chi connectivity index (χ2v) is 3.54. The van der Waals surface area contributed by atoms with Gasteiger partial charge >= 0.3 is 0 Å². The first-order chi connectivity index (χ1) is 7.88. The predicted molar refractivity (Wildman–Crippen MR) is 62.4 cm³/mol. The summed E-state index contributed by atoms with van der Waals surface area (Å²) in [6.45, 7) is 0.496. The number of nitrogens with zero attached hydrogens (tertiary/aromatic N) is 2. The zero-order valence-corrected chi connectivity index (χ0v) is 9.39. The first kappa shape index (κ1) is 10.9. The van der Waals surface area contributed by atoms with Crippen molar-refractivity contribution >= 4 is 11.6 Å². The summed E-state index contributed by atoms with van der Waals surface area (Å²) in [4.78, 5) is 0. The van der Waals surface area contributed by atoms with Gasteiger partial charge in [0, 0.05) is 6.07 Å². The lowest BCUT2D eigenvalue weighted by Crippen LogP contribution is -1.99. The molecule has 0 aliphatic carbocycles. The second-order valence-electron chi connectivity index (χ2n) is 3.27. The molecule has 0 fully saturated rings. The summed E-state index contributed by atoms with van der Waals surface area (Å²) in [6.07, 6.45) is 0. The smallest absolute Gasteiger partial charge is 0.233 e. The molecule has 1 aromatic carbocycles. The Balaban J connectivity index is 1.94. The largest absolute Gasteiger partial charge is 0.472 e. The van der Waals surface area contributed by atoms with Gasteiger partial charge in [0.05, 0.1) is 11.6 Å². The Morgan fingerprint density at radius 1 is 1.00 bits per heavy atom. The fraction of sp³-hybridized carbons (Fsp3) is 0.167. The predicted octanol–water partition coefficient (Wildman–Crippen LogP) is 2.79. The zero-order valence-electron chi connectivity index (χ0n) is 8.64. The van der Waals surface area contributed by atoms with Gasteiger partial charge in [0.2, 0.25) is 5.88 Å². The molecule has 0 spiro atoms. The average molecular weight is 235 g/mol. The molecule has 1 heterocycles.